The molecule has 9 nitrogen and oxygen atoms in total. The number of non-ortho nitro benzene ring substituents is 1. The van der Waals surface area contributed by atoms with E-state index in [0.29, 0.717) is 35.4 Å². The number of nitro benzene ring substituents is 1. The Kier molecular flexibility index (Phi) is 7.02. The van der Waals surface area contributed by atoms with Crippen LogP contribution in [0.3, 0.4) is 0 Å². The molecule has 0 aliphatic heterocycles. The number of rotatable bonds is 9. The van der Waals surface area contributed by atoms with Crippen LogP contribution in [0.15, 0.2) is 53.7 Å². The number of hydrogen-bond donors (Lipinski definition) is 1. The van der Waals surface area contributed by atoms with Gasteiger partial charge in [0, 0.05) is 29.9 Å². The summed E-state index contributed by atoms with van der Waals surface area (Å²) < 4.78 is 7.21. The van der Waals surface area contributed by atoms with Gasteiger partial charge in [-0.1, -0.05) is 23.9 Å². The Balaban J connectivity index is 1.66. The van der Waals surface area contributed by atoms with Gasteiger partial charge in [-0.3, -0.25) is 14.9 Å². The number of nitrogens with zero attached hydrogens (tertiary/aromatic N) is 4. The average molecular weight is 427 g/mol. The summed E-state index contributed by atoms with van der Waals surface area (Å²) in [4.78, 5) is 22.9. The lowest BCUT2D eigenvalue weighted by molar-refractivity contribution is -0.384. The molecule has 0 aliphatic rings. The van der Waals surface area contributed by atoms with Gasteiger partial charge in [0.2, 0.25) is 5.91 Å². The first-order chi connectivity index (χ1) is 14.5. The second-order valence-electron chi connectivity index (χ2n) is 6.15. The van der Waals surface area contributed by atoms with Gasteiger partial charge in [0.05, 0.1) is 17.3 Å². The highest BCUT2D eigenvalue weighted by atomic mass is 32.2. The number of anilines is 1. The quantitative estimate of drug-likeness (QED) is 0.312. The van der Waals surface area contributed by atoms with Gasteiger partial charge >= 0.3 is 0 Å². The predicted octanol–water partition coefficient (Wildman–Crippen LogP) is 4.00. The number of amides is 1. The Morgan fingerprint density at radius 3 is 2.63 bits per heavy atom. The molecule has 0 aliphatic carbocycles. The van der Waals surface area contributed by atoms with Gasteiger partial charge in [-0.05, 0) is 38.1 Å². The van der Waals surface area contributed by atoms with E-state index in [2.05, 4.69) is 15.5 Å². The number of nitrogens with one attached hydrogen (secondary N) is 1. The maximum atomic E-state index is 12.3. The van der Waals surface area contributed by atoms with Gasteiger partial charge in [-0.25, -0.2) is 0 Å². The minimum Gasteiger partial charge on any atom is -0.494 e. The minimum atomic E-state index is -0.447. The van der Waals surface area contributed by atoms with Gasteiger partial charge < -0.3 is 14.6 Å². The number of ether oxygens (including phenoxy) is 1. The molecule has 156 valence electrons. The first-order valence-corrected chi connectivity index (χ1v) is 10.3. The Morgan fingerprint density at radius 1 is 1.20 bits per heavy atom. The topological polar surface area (TPSA) is 112 Å². The standard InChI is InChI=1S/C20H21N5O4S/c1-3-24-19(14-6-5-7-16(12-14)25(27)28)22-23-20(24)30-13-18(26)21-15-8-10-17(11-9-15)29-4-2/h5-12H,3-4,13H2,1-2H3,(H,21,26). The Morgan fingerprint density at radius 2 is 1.97 bits per heavy atom. The summed E-state index contributed by atoms with van der Waals surface area (Å²) in [5, 5.41) is 22.8. The number of benzene rings is 2. The fraction of sp³-hybridized carbons (Fsp3) is 0.250. The van der Waals surface area contributed by atoms with Crippen molar-refractivity contribution in [1.29, 1.82) is 0 Å². The summed E-state index contributed by atoms with van der Waals surface area (Å²) in [6, 6.07) is 13.4. The molecule has 1 amide bonds. The molecule has 0 saturated heterocycles. The van der Waals surface area contributed by atoms with Crippen molar-refractivity contribution in [3.05, 3.63) is 58.6 Å². The Bertz CT molecular complexity index is 1040. The van der Waals surface area contributed by atoms with E-state index >= 15 is 0 Å². The van der Waals surface area contributed by atoms with E-state index in [9.17, 15) is 14.9 Å². The largest absolute Gasteiger partial charge is 0.494 e. The molecule has 3 aromatic rings. The van der Waals surface area contributed by atoms with E-state index < -0.39 is 4.92 Å². The molecule has 30 heavy (non-hydrogen) atoms. The molecule has 10 heteroatoms. The molecule has 1 heterocycles. The molecule has 0 saturated carbocycles. The lowest BCUT2D eigenvalue weighted by atomic mass is 10.2. The normalized spacial score (nSPS) is 10.6. The summed E-state index contributed by atoms with van der Waals surface area (Å²) in [5.74, 6) is 1.25. The molecule has 1 aromatic heterocycles. The van der Waals surface area contributed by atoms with Crippen molar-refractivity contribution in [1.82, 2.24) is 14.8 Å². The van der Waals surface area contributed by atoms with Crippen molar-refractivity contribution < 1.29 is 14.5 Å². The fourth-order valence-electron chi connectivity index (χ4n) is 2.78. The van der Waals surface area contributed by atoms with Gasteiger partial charge in [0.25, 0.3) is 5.69 Å². The summed E-state index contributed by atoms with van der Waals surface area (Å²) in [7, 11) is 0. The molecular weight excluding hydrogens is 406 g/mol. The Labute approximate surface area is 177 Å². The maximum absolute atomic E-state index is 12.3. The van der Waals surface area contributed by atoms with Crippen LogP contribution in [0.4, 0.5) is 11.4 Å². The van der Waals surface area contributed by atoms with E-state index in [1.54, 1.807) is 36.4 Å². The van der Waals surface area contributed by atoms with Crippen LogP contribution >= 0.6 is 11.8 Å². The third-order valence-corrected chi connectivity index (χ3v) is 5.10. The summed E-state index contributed by atoms with van der Waals surface area (Å²) >= 11 is 1.26. The summed E-state index contributed by atoms with van der Waals surface area (Å²) in [6.45, 7) is 4.98. The highest BCUT2D eigenvalue weighted by Crippen LogP contribution is 2.26. The van der Waals surface area contributed by atoms with Gasteiger partial charge in [-0.15, -0.1) is 10.2 Å². The third-order valence-electron chi connectivity index (χ3n) is 4.13. The average Bonchev–Trinajstić information content (AvgIpc) is 3.17. The van der Waals surface area contributed by atoms with Crippen LogP contribution in [0.5, 0.6) is 5.75 Å². The first-order valence-electron chi connectivity index (χ1n) is 9.35. The van der Waals surface area contributed by atoms with Crippen LogP contribution in [0.2, 0.25) is 0 Å². The lowest BCUT2D eigenvalue weighted by Crippen LogP contribution is -2.14. The number of carbonyl (C=O) groups is 1. The highest BCUT2D eigenvalue weighted by molar-refractivity contribution is 7.99. The van der Waals surface area contributed by atoms with Crippen LogP contribution in [-0.2, 0) is 11.3 Å². The van der Waals surface area contributed by atoms with Crippen molar-refractivity contribution in [2.24, 2.45) is 0 Å². The van der Waals surface area contributed by atoms with Gasteiger partial charge in [0.15, 0.2) is 11.0 Å². The molecule has 0 atom stereocenters. The zero-order valence-corrected chi connectivity index (χ0v) is 17.4. The van der Waals surface area contributed by atoms with Crippen LogP contribution in [0, 0.1) is 10.1 Å². The van der Waals surface area contributed by atoms with Crippen LogP contribution in [0.25, 0.3) is 11.4 Å². The molecule has 2 aromatic carbocycles. The zero-order chi connectivity index (χ0) is 21.5. The number of carbonyl (C=O) groups excluding carboxylic acids is 1. The third kappa shape index (κ3) is 5.15. The molecule has 3 rings (SSSR count). The second-order valence-corrected chi connectivity index (χ2v) is 7.09. The molecule has 1 N–H and O–H groups in total. The van der Waals surface area contributed by atoms with E-state index in [0.717, 1.165) is 5.75 Å². The van der Waals surface area contributed by atoms with Crippen molar-refractivity contribution in [3.8, 4) is 17.1 Å². The zero-order valence-electron chi connectivity index (χ0n) is 16.6. The summed E-state index contributed by atoms with van der Waals surface area (Å²) in [5.41, 5.74) is 1.27. The smallest absolute Gasteiger partial charge is 0.270 e. The maximum Gasteiger partial charge on any atom is 0.270 e. The molecule has 0 bridgehead atoms. The van der Waals surface area contributed by atoms with Gasteiger partial charge in [-0.2, -0.15) is 0 Å². The molecule has 0 fully saturated rings. The number of nitro groups is 1. The number of aromatic nitrogens is 3. The monoisotopic (exact) mass is 427 g/mol. The van der Waals surface area contributed by atoms with Crippen molar-refractivity contribution in [3.63, 3.8) is 0 Å². The summed E-state index contributed by atoms with van der Waals surface area (Å²) in [6.07, 6.45) is 0. The van der Waals surface area contributed by atoms with Crippen molar-refractivity contribution in [2.45, 2.75) is 25.5 Å². The van der Waals surface area contributed by atoms with E-state index in [1.807, 2.05) is 18.4 Å². The molecule has 0 radical (unpaired) electrons. The molecular formula is C20H21N5O4S. The fourth-order valence-corrected chi connectivity index (χ4v) is 3.58. The molecule has 0 unspecified atom stereocenters. The van der Waals surface area contributed by atoms with Crippen LogP contribution < -0.4 is 10.1 Å². The highest BCUT2D eigenvalue weighted by Gasteiger charge is 2.16. The van der Waals surface area contributed by atoms with Crippen LogP contribution in [0.1, 0.15) is 13.8 Å². The lowest BCUT2D eigenvalue weighted by Gasteiger charge is -2.08. The number of hydrogen-bond acceptors (Lipinski definition) is 7. The predicted molar refractivity (Wildman–Crippen MR) is 115 cm³/mol. The van der Waals surface area contributed by atoms with Crippen LogP contribution in [-0.4, -0.2) is 38.0 Å². The second kappa shape index (κ2) is 9.88. The van der Waals surface area contributed by atoms with Gasteiger partial charge in [0.1, 0.15) is 5.75 Å². The van der Waals surface area contributed by atoms with Crippen molar-refractivity contribution >= 4 is 29.0 Å². The Hall–Kier alpha value is -3.40. The van der Waals surface area contributed by atoms with E-state index in [1.165, 1.54) is 23.9 Å². The van der Waals surface area contributed by atoms with E-state index in [-0.39, 0.29) is 17.3 Å². The minimum absolute atomic E-state index is 0.0120. The molecule has 0 spiro atoms. The number of thioether (sulfide) groups is 1. The van der Waals surface area contributed by atoms with Crippen molar-refractivity contribution in [2.75, 3.05) is 17.7 Å². The SMILES string of the molecule is CCOc1ccc(NC(=O)CSc2nnc(-c3cccc([N+](=O)[O-])c3)n2CC)cc1. The first kappa shape index (κ1) is 21.3. The van der Waals surface area contributed by atoms with E-state index in [4.69, 9.17) is 4.74 Å².